The molecule has 2 heteroatoms. The normalized spacial score (nSPS) is 52.9. The molecule has 2 rings (SSSR count). The van der Waals surface area contributed by atoms with Gasteiger partial charge in [-0.25, -0.2) is 0 Å². The Morgan fingerprint density at radius 2 is 2.14 bits per heavy atom. The zero-order valence-electron chi connectivity index (χ0n) is 4.07. The summed E-state index contributed by atoms with van der Waals surface area (Å²) in [6.45, 7) is 0. The van der Waals surface area contributed by atoms with Crippen molar-refractivity contribution in [1.82, 2.24) is 0 Å². The molecule has 7 heavy (non-hydrogen) atoms. The molecule has 0 aromatic rings. The topological polar surface area (TPSA) is 49.9 Å². The first kappa shape index (κ1) is 3.47. The van der Waals surface area contributed by atoms with Crippen LogP contribution < -0.4 is 5.73 Å². The minimum atomic E-state index is 0.278. The summed E-state index contributed by atoms with van der Waals surface area (Å²) >= 11 is 0. The minimum absolute atomic E-state index is 0.278. The van der Waals surface area contributed by atoms with E-state index in [1.54, 1.807) is 0 Å². The summed E-state index contributed by atoms with van der Waals surface area (Å²) in [5.41, 5.74) is 5.53. The maximum atomic E-state index is 7.03. The highest BCUT2D eigenvalue weighted by Crippen LogP contribution is 2.75. The lowest BCUT2D eigenvalue weighted by atomic mass is 10.2. The van der Waals surface area contributed by atoms with E-state index in [1.165, 1.54) is 12.8 Å². The van der Waals surface area contributed by atoms with E-state index in [-0.39, 0.29) is 5.41 Å². The van der Waals surface area contributed by atoms with Gasteiger partial charge in [0.1, 0.15) is 0 Å². The van der Waals surface area contributed by atoms with Gasteiger partial charge >= 0.3 is 0 Å². The number of rotatable bonds is 1. The number of fused-ring (bicyclic) bond motifs is 1. The molecule has 3 N–H and O–H groups in total. The average Bonchev–Trinajstić information content (AvgIpc) is 2.04. The lowest BCUT2D eigenvalue weighted by molar-refractivity contribution is 0.822. The fourth-order valence-electron chi connectivity index (χ4n) is 1.14. The van der Waals surface area contributed by atoms with Gasteiger partial charge in [-0.1, -0.05) is 0 Å². The maximum Gasteiger partial charge on any atom is 0.0971 e. The van der Waals surface area contributed by atoms with Crippen molar-refractivity contribution in [2.45, 2.75) is 12.8 Å². The molecule has 38 valence electrons. The zero-order valence-corrected chi connectivity index (χ0v) is 4.07. The van der Waals surface area contributed by atoms with E-state index >= 15 is 0 Å². The highest BCUT2D eigenvalue weighted by Gasteiger charge is 2.71. The molecule has 0 atom stereocenters. The Labute approximate surface area is 42.2 Å². The van der Waals surface area contributed by atoms with E-state index in [0.717, 1.165) is 5.92 Å². The van der Waals surface area contributed by atoms with Crippen LogP contribution in [0.5, 0.6) is 0 Å². The van der Waals surface area contributed by atoms with Crippen LogP contribution in [0.15, 0.2) is 0 Å². The molecule has 2 aliphatic carbocycles. The summed E-state index contributed by atoms with van der Waals surface area (Å²) in [4.78, 5) is 0. The van der Waals surface area contributed by atoms with Gasteiger partial charge in [-0.2, -0.15) is 0 Å². The summed E-state index contributed by atoms with van der Waals surface area (Å²) in [5, 5.41) is 7.03. The monoisotopic (exact) mass is 96.1 g/mol. The molecule has 2 aliphatic rings. The largest absolute Gasteiger partial charge is 0.387 e. The predicted octanol–water partition coefficient (Wildman–Crippen LogP) is 0.332. The van der Waals surface area contributed by atoms with Crippen molar-refractivity contribution in [2.24, 2.45) is 17.1 Å². The second-order valence-electron chi connectivity index (χ2n) is 2.67. The first-order chi connectivity index (χ1) is 3.26. The van der Waals surface area contributed by atoms with Crippen LogP contribution in [0.1, 0.15) is 12.8 Å². The van der Waals surface area contributed by atoms with Gasteiger partial charge in [-0.3, -0.25) is 5.41 Å². The van der Waals surface area contributed by atoms with Crippen LogP contribution in [-0.4, -0.2) is 5.84 Å². The third-order valence-electron chi connectivity index (χ3n) is 2.22. The lowest BCUT2D eigenvalue weighted by Gasteiger charge is -1.94. The smallest absolute Gasteiger partial charge is 0.0971 e. The Hall–Kier alpha value is -0.530. The van der Waals surface area contributed by atoms with Crippen molar-refractivity contribution in [1.29, 1.82) is 5.41 Å². The third kappa shape index (κ3) is 0.216. The quantitative estimate of drug-likeness (QED) is 0.358. The van der Waals surface area contributed by atoms with Crippen molar-refractivity contribution in [3.8, 4) is 0 Å². The lowest BCUT2D eigenvalue weighted by Crippen LogP contribution is -2.16. The predicted molar refractivity (Wildman–Crippen MR) is 27.1 cm³/mol. The Bertz CT molecular complexity index is 133. The van der Waals surface area contributed by atoms with Crippen LogP contribution >= 0.6 is 0 Å². The molecule has 0 aromatic carbocycles. The summed E-state index contributed by atoms with van der Waals surface area (Å²) in [6, 6.07) is 0. The average molecular weight is 96.1 g/mol. The Morgan fingerprint density at radius 1 is 1.71 bits per heavy atom. The van der Waals surface area contributed by atoms with Crippen molar-refractivity contribution in [2.75, 3.05) is 0 Å². The molecular weight excluding hydrogens is 88.1 g/mol. The van der Waals surface area contributed by atoms with E-state index in [9.17, 15) is 0 Å². The first-order valence-corrected chi connectivity index (χ1v) is 2.60. The standard InChI is InChI=1S/C5H8N2/c6-4(7)5-1-3(5)2-5/h3H,1-2H2,(H3,6,7). The molecule has 0 saturated heterocycles. The maximum absolute atomic E-state index is 7.03. The SMILES string of the molecule is N=C(N)C12CC1C2. The second-order valence-corrected chi connectivity index (χ2v) is 2.67. The van der Waals surface area contributed by atoms with Crippen molar-refractivity contribution >= 4 is 5.84 Å². The van der Waals surface area contributed by atoms with Crippen molar-refractivity contribution in [3.63, 3.8) is 0 Å². The Kier molecular flexibility index (Phi) is 0.299. The summed E-state index contributed by atoms with van der Waals surface area (Å²) in [5.74, 6) is 1.27. The highest BCUT2D eigenvalue weighted by molar-refractivity contribution is 5.90. The number of hydrogen-bond acceptors (Lipinski definition) is 1. The molecule has 0 spiro atoms. The summed E-state index contributed by atoms with van der Waals surface area (Å²) in [6.07, 6.45) is 2.42. The van der Waals surface area contributed by atoms with Crippen LogP contribution in [0.2, 0.25) is 0 Å². The molecule has 0 amide bonds. The highest BCUT2D eigenvalue weighted by atomic mass is 14.9. The number of nitrogens with two attached hydrogens (primary N) is 1. The van der Waals surface area contributed by atoms with Crippen LogP contribution in [0.3, 0.4) is 0 Å². The first-order valence-electron chi connectivity index (χ1n) is 2.60. The third-order valence-corrected chi connectivity index (χ3v) is 2.22. The molecule has 0 aliphatic heterocycles. The second kappa shape index (κ2) is 0.602. The zero-order chi connectivity index (χ0) is 5.07. The molecule has 0 heterocycles. The number of hydrogen-bond donors (Lipinski definition) is 2. The van der Waals surface area contributed by atoms with E-state index < -0.39 is 0 Å². The summed E-state index contributed by atoms with van der Waals surface area (Å²) in [7, 11) is 0. The molecule has 2 saturated carbocycles. The van der Waals surface area contributed by atoms with Crippen LogP contribution in [0, 0.1) is 16.7 Å². The molecule has 2 fully saturated rings. The molecule has 2 nitrogen and oxygen atoms in total. The van der Waals surface area contributed by atoms with Gasteiger partial charge in [0.15, 0.2) is 0 Å². The summed E-state index contributed by atoms with van der Waals surface area (Å²) < 4.78 is 0. The van der Waals surface area contributed by atoms with Gasteiger partial charge in [-0.05, 0) is 18.8 Å². The Balaban J connectivity index is 2.22. The Morgan fingerprint density at radius 3 is 2.14 bits per heavy atom. The van der Waals surface area contributed by atoms with Crippen molar-refractivity contribution in [3.05, 3.63) is 0 Å². The van der Waals surface area contributed by atoms with Crippen molar-refractivity contribution < 1.29 is 0 Å². The number of amidine groups is 1. The molecular formula is C5H8N2. The van der Waals surface area contributed by atoms with Gasteiger partial charge in [0.25, 0.3) is 0 Å². The van der Waals surface area contributed by atoms with E-state index in [2.05, 4.69) is 0 Å². The van der Waals surface area contributed by atoms with Gasteiger partial charge in [-0.15, -0.1) is 0 Å². The van der Waals surface area contributed by atoms with Crippen LogP contribution in [0.25, 0.3) is 0 Å². The van der Waals surface area contributed by atoms with E-state index in [0.29, 0.717) is 5.84 Å². The fraction of sp³-hybridized carbons (Fsp3) is 0.800. The van der Waals surface area contributed by atoms with E-state index in [4.69, 9.17) is 11.1 Å². The van der Waals surface area contributed by atoms with Gasteiger partial charge in [0.2, 0.25) is 0 Å². The molecule has 0 unspecified atom stereocenters. The van der Waals surface area contributed by atoms with Crippen LogP contribution in [-0.2, 0) is 0 Å². The molecule has 0 aromatic heterocycles. The fourth-order valence-corrected chi connectivity index (χ4v) is 1.14. The van der Waals surface area contributed by atoms with Gasteiger partial charge in [0.05, 0.1) is 5.84 Å². The van der Waals surface area contributed by atoms with Gasteiger partial charge in [0, 0.05) is 5.41 Å². The molecule has 0 radical (unpaired) electrons. The van der Waals surface area contributed by atoms with Gasteiger partial charge < -0.3 is 5.73 Å². The van der Waals surface area contributed by atoms with E-state index in [1.807, 2.05) is 0 Å². The molecule has 0 bridgehead atoms. The minimum Gasteiger partial charge on any atom is -0.387 e. The van der Waals surface area contributed by atoms with Crippen LogP contribution in [0.4, 0.5) is 0 Å². The number of nitrogens with one attached hydrogen (secondary N) is 1.